The quantitative estimate of drug-likeness (QED) is 0.734. The Morgan fingerprint density at radius 1 is 1.00 bits per heavy atom. The summed E-state index contributed by atoms with van der Waals surface area (Å²) < 4.78 is 15.7. The molecule has 6 heteroatoms. The first-order valence-corrected chi connectivity index (χ1v) is 9.01. The van der Waals surface area contributed by atoms with Crippen molar-refractivity contribution in [3.8, 4) is 17.2 Å². The molecule has 1 amide bonds. The number of methoxy groups -OCH3 is 3. The average Bonchev–Trinajstić information content (AvgIpc) is 3.53. The second-order valence-corrected chi connectivity index (χ2v) is 6.60. The van der Waals surface area contributed by atoms with Crippen LogP contribution in [-0.4, -0.2) is 44.7 Å². The number of benzene rings is 2. The highest BCUT2D eigenvalue weighted by Gasteiger charge is 2.30. The van der Waals surface area contributed by atoms with Gasteiger partial charge >= 0.3 is 0 Å². The van der Waals surface area contributed by atoms with E-state index in [0.717, 1.165) is 30.7 Å². The summed E-state index contributed by atoms with van der Waals surface area (Å²) in [7, 11) is 4.83. The Labute approximate surface area is 160 Å². The molecule has 0 aliphatic heterocycles. The molecule has 2 aromatic rings. The minimum absolute atomic E-state index is 0.0566. The topological polar surface area (TPSA) is 60.0 Å². The molecule has 144 valence electrons. The highest BCUT2D eigenvalue weighted by atomic mass is 16.5. The maximum atomic E-state index is 12.6. The number of anilines is 1. The molecule has 0 radical (unpaired) electrons. The van der Waals surface area contributed by atoms with Crippen LogP contribution in [-0.2, 0) is 11.3 Å². The van der Waals surface area contributed by atoms with Crippen molar-refractivity contribution in [3.63, 3.8) is 0 Å². The molecule has 3 rings (SSSR count). The van der Waals surface area contributed by atoms with Crippen molar-refractivity contribution in [3.05, 3.63) is 48.0 Å². The molecule has 0 spiro atoms. The van der Waals surface area contributed by atoms with Gasteiger partial charge in [-0.1, -0.05) is 12.1 Å². The molecule has 0 atom stereocenters. The number of hydrogen-bond acceptors (Lipinski definition) is 5. The molecular formula is C21H26N2O4. The van der Waals surface area contributed by atoms with E-state index >= 15 is 0 Å². The van der Waals surface area contributed by atoms with E-state index in [1.165, 1.54) is 0 Å². The summed E-state index contributed by atoms with van der Waals surface area (Å²) in [4.78, 5) is 14.8. The summed E-state index contributed by atoms with van der Waals surface area (Å²) in [5, 5.41) is 2.95. The molecule has 2 aromatic carbocycles. The van der Waals surface area contributed by atoms with Gasteiger partial charge in [0.15, 0.2) is 0 Å². The lowest BCUT2D eigenvalue weighted by atomic mass is 10.2. The van der Waals surface area contributed by atoms with E-state index in [0.29, 0.717) is 29.8 Å². The fourth-order valence-electron chi connectivity index (χ4n) is 3.00. The number of ether oxygens (including phenoxy) is 3. The molecule has 0 bridgehead atoms. The second-order valence-electron chi connectivity index (χ2n) is 6.60. The normalized spacial score (nSPS) is 13.3. The Morgan fingerprint density at radius 2 is 1.67 bits per heavy atom. The summed E-state index contributed by atoms with van der Waals surface area (Å²) >= 11 is 0. The van der Waals surface area contributed by atoms with Crippen LogP contribution in [0.4, 0.5) is 5.69 Å². The van der Waals surface area contributed by atoms with Gasteiger partial charge in [0, 0.05) is 18.7 Å². The van der Waals surface area contributed by atoms with Crippen LogP contribution >= 0.6 is 0 Å². The van der Waals surface area contributed by atoms with Gasteiger partial charge in [0.05, 0.1) is 33.6 Å². The van der Waals surface area contributed by atoms with Crippen molar-refractivity contribution < 1.29 is 19.0 Å². The van der Waals surface area contributed by atoms with Crippen molar-refractivity contribution in [2.45, 2.75) is 25.4 Å². The molecule has 1 fully saturated rings. The first-order chi connectivity index (χ1) is 13.1. The van der Waals surface area contributed by atoms with Crippen molar-refractivity contribution in [2.24, 2.45) is 0 Å². The molecule has 0 aromatic heterocycles. The molecule has 1 N–H and O–H groups in total. The summed E-state index contributed by atoms with van der Waals surface area (Å²) in [6.45, 7) is 1.08. The molecule has 0 heterocycles. The number of carbonyl (C=O) groups is 1. The largest absolute Gasteiger partial charge is 0.497 e. The maximum Gasteiger partial charge on any atom is 0.238 e. The van der Waals surface area contributed by atoms with Crippen LogP contribution in [0.5, 0.6) is 17.2 Å². The zero-order chi connectivity index (χ0) is 19.2. The lowest BCUT2D eigenvalue weighted by Gasteiger charge is -2.22. The number of rotatable bonds is 9. The summed E-state index contributed by atoms with van der Waals surface area (Å²) in [5.74, 6) is 2.04. The SMILES string of the molecule is COc1ccc(CN(CC(=O)Nc2ccc(OC)cc2OC)C2CC2)cc1. The van der Waals surface area contributed by atoms with Gasteiger partial charge in [0.1, 0.15) is 17.2 Å². The van der Waals surface area contributed by atoms with E-state index in [1.807, 2.05) is 24.3 Å². The van der Waals surface area contributed by atoms with Gasteiger partial charge in [-0.15, -0.1) is 0 Å². The van der Waals surface area contributed by atoms with Crippen molar-refractivity contribution in [2.75, 3.05) is 33.2 Å². The summed E-state index contributed by atoms with van der Waals surface area (Å²) in [6.07, 6.45) is 2.27. The molecular weight excluding hydrogens is 344 g/mol. The van der Waals surface area contributed by atoms with Gasteiger partial charge in [-0.2, -0.15) is 0 Å². The standard InChI is InChI=1S/C21H26N2O4/c1-25-17-8-4-15(5-9-17)13-23(16-6-7-16)14-21(24)22-19-11-10-18(26-2)12-20(19)27-3/h4-5,8-12,16H,6-7,13-14H2,1-3H3,(H,22,24). The summed E-state index contributed by atoms with van der Waals surface area (Å²) in [6, 6.07) is 13.8. The summed E-state index contributed by atoms with van der Waals surface area (Å²) in [5.41, 5.74) is 1.81. The molecule has 1 aliphatic carbocycles. The molecule has 6 nitrogen and oxygen atoms in total. The van der Waals surface area contributed by atoms with E-state index in [2.05, 4.69) is 10.2 Å². The molecule has 1 aliphatic rings. The Morgan fingerprint density at radius 3 is 2.26 bits per heavy atom. The van der Waals surface area contributed by atoms with Gasteiger partial charge < -0.3 is 19.5 Å². The monoisotopic (exact) mass is 370 g/mol. The third-order valence-electron chi connectivity index (χ3n) is 4.64. The van der Waals surface area contributed by atoms with Gasteiger partial charge in [0.2, 0.25) is 5.91 Å². The van der Waals surface area contributed by atoms with E-state index in [-0.39, 0.29) is 5.91 Å². The van der Waals surface area contributed by atoms with E-state index < -0.39 is 0 Å². The number of nitrogens with zero attached hydrogens (tertiary/aromatic N) is 1. The lowest BCUT2D eigenvalue weighted by Crippen LogP contribution is -2.34. The van der Waals surface area contributed by atoms with E-state index in [4.69, 9.17) is 14.2 Å². The van der Waals surface area contributed by atoms with Crippen molar-refractivity contribution in [1.82, 2.24) is 4.90 Å². The van der Waals surface area contributed by atoms with Crippen LogP contribution in [0.15, 0.2) is 42.5 Å². The predicted molar refractivity (Wildman–Crippen MR) is 105 cm³/mol. The van der Waals surface area contributed by atoms with Crippen molar-refractivity contribution >= 4 is 11.6 Å². The Hall–Kier alpha value is -2.73. The second kappa shape index (κ2) is 8.77. The average molecular weight is 370 g/mol. The van der Waals surface area contributed by atoms with Crippen LogP contribution < -0.4 is 19.5 Å². The maximum absolute atomic E-state index is 12.6. The van der Waals surface area contributed by atoms with Gasteiger partial charge in [-0.3, -0.25) is 9.69 Å². The van der Waals surface area contributed by atoms with Gasteiger partial charge in [-0.05, 0) is 42.7 Å². The minimum Gasteiger partial charge on any atom is -0.497 e. The molecule has 1 saturated carbocycles. The Kier molecular flexibility index (Phi) is 6.19. The number of nitrogens with one attached hydrogen (secondary N) is 1. The third kappa shape index (κ3) is 5.14. The van der Waals surface area contributed by atoms with Crippen molar-refractivity contribution in [1.29, 1.82) is 0 Å². The first-order valence-electron chi connectivity index (χ1n) is 9.01. The van der Waals surface area contributed by atoms with Crippen LogP contribution in [0.3, 0.4) is 0 Å². The number of hydrogen-bond donors (Lipinski definition) is 1. The fourth-order valence-corrected chi connectivity index (χ4v) is 3.00. The molecule has 0 saturated heterocycles. The highest BCUT2D eigenvalue weighted by Crippen LogP contribution is 2.30. The van der Waals surface area contributed by atoms with E-state index in [9.17, 15) is 4.79 Å². The predicted octanol–water partition coefficient (Wildman–Crippen LogP) is 3.32. The molecule has 27 heavy (non-hydrogen) atoms. The van der Waals surface area contributed by atoms with Crippen LogP contribution in [0.2, 0.25) is 0 Å². The smallest absolute Gasteiger partial charge is 0.238 e. The van der Waals surface area contributed by atoms with Crippen LogP contribution in [0, 0.1) is 0 Å². The van der Waals surface area contributed by atoms with E-state index in [1.54, 1.807) is 39.5 Å². The van der Waals surface area contributed by atoms with Crippen LogP contribution in [0.25, 0.3) is 0 Å². The number of amides is 1. The van der Waals surface area contributed by atoms with Gasteiger partial charge in [0.25, 0.3) is 0 Å². The van der Waals surface area contributed by atoms with Crippen LogP contribution in [0.1, 0.15) is 18.4 Å². The Balaban J connectivity index is 1.63. The lowest BCUT2D eigenvalue weighted by molar-refractivity contribution is -0.117. The minimum atomic E-state index is -0.0566. The molecule has 0 unspecified atom stereocenters. The zero-order valence-electron chi connectivity index (χ0n) is 16.0. The first kappa shape index (κ1) is 19.0. The fraction of sp³-hybridized carbons (Fsp3) is 0.381. The third-order valence-corrected chi connectivity index (χ3v) is 4.64. The highest BCUT2D eigenvalue weighted by molar-refractivity contribution is 5.93. The Bertz CT molecular complexity index is 772. The number of carbonyl (C=O) groups excluding carboxylic acids is 1. The zero-order valence-corrected chi connectivity index (χ0v) is 16.0. The van der Waals surface area contributed by atoms with Gasteiger partial charge in [-0.25, -0.2) is 0 Å².